The van der Waals surface area contributed by atoms with E-state index in [1.165, 1.54) is 12.4 Å². The smallest absolute Gasteiger partial charge is 0.227 e. The van der Waals surface area contributed by atoms with Gasteiger partial charge in [0.05, 0.1) is 17.3 Å². The van der Waals surface area contributed by atoms with Crippen LogP contribution in [0.4, 0.5) is 5.69 Å². The number of aromatic nitrogens is 1. The largest absolute Gasteiger partial charge is 0.433 e. The zero-order valence-corrected chi connectivity index (χ0v) is 10.3. The van der Waals surface area contributed by atoms with Crippen LogP contribution in [0.15, 0.2) is 27.2 Å². The third-order valence-corrected chi connectivity index (χ3v) is 2.67. The van der Waals surface area contributed by atoms with Crippen molar-refractivity contribution in [3.05, 3.63) is 34.1 Å². The first kappa shape index (κ1) is 11.5. The summed E-state index contributed by atoms with van der Waals surface area (Å²) in [5.41, 5.74) is 7.58. The highest BCUT2D eigenvalue weighted by Gasteiger charge is 2.15. The van der Waals surface area contributed by atoms with E-state index < -0.39 is 0 Å². The van der Waals surface area contributed by atoms with Gasteiger partial charge in [-0.1, -0.05) is 15.9 Å². The standard InChI is InChI=1S/C11H8BrN3O2/c12-6-1-8(9(3-13)10(14)2-6)11-15-4-7(5-16)17-11/h1-5,13H,14H2/p+1. The van der Waals surface area contributed by atoms with E-state index >= 15 is 0 Å². The minimum Gasteiger partial charge on any atom is -0.433 e. The monoisotopic (exact) mass is 294 g/mol. The van der Waals surface area contributed by atoms with Gasteiger partial charge in [0, 0.05) is 10.2 Å². The zero-order valence-electron chi connectivity index (χ0n) is 8.68. The molecule has 0 unspecified atom stereocenters. The van der Waals surface area contributed by atoms with Gasteiger partial charge in [-0.25, -0.2) is 4.98 Å². The maximum atomic E-state index is 10.5. The fourth-order valence-electron chi connectivity index (χ4n) is 1.47. The average molecular weight is 295 g/mol. The van der Waals surface area contributed by atoms with Crippen molar-refractivity contribution in [2.75, 3.05) is 5.73 Å². The minimum absolute atomic E-state index is 0.154. The molecule has 86 valence electrons. The van der Waals surface area contributed by atoms with Crippen molar-refractivity contribution in [1.82, 2.24) is 4.98 Å². The number of hydrogen-bond donors (Lipinski definition) is 2. The Labute approximate surface area is 105 Å². The summed E-state index contributed by atoms with van der Waals surface area (Å²) in [6.45, 7) is 0. The Morgan fingerprint density at radius 2 is 2.24 bits per heavy atom. The van der Waals surface area contributed by atoms with E-state index in [0.717, 1.165) is 4.47 Å². The summed E-state index contributed by atoms with van der Waals surface area (Å²) < 4.78 is 6.02. The van der Waals surface area contributed by atoms with Crippen molar-refractivity contribution >= 4 is 34.1 Å². The summed E-state index contributed by atoms with van der Waals surface area (Å²) in [6, 6.07) is 3.50. The molecule has 0 aliphatic carbocycles. The molecule has 2 aromatic rings. The van der Waals surface area contributed by atoms with Crippen molar-refractivity contribution in [1.29, 1.82) is 0 Å². The molecule has 6 heteroatoms. The molecule has 0 bridgehead atoms. The summed E-state index contributed by atoms with van der Waals surface area (Å²) in [4.78, 5) is 14.5. The molecular weight excluding hydrogens is 286 g/mol. The molecular formula is C11H9BrN3O2+. The van der Waals surface area contributed by atoms with Gasteiger partial charge in [-0.3, -0.25) is 10.2 Å². The summed E-state index contributed by atoms with van der Waals surface area (Å²) in [6.07, 6.45) is 3.31. The van der Waals surface area contributed by atoms with Crippen LogP contribution in [0, 0.1) is 0 Å². The molecule has 0 aliphatic rings. The first-order chi connectivity index (χ1) is 8.15. The number of nitrogen functional groups attached to an aromatic ring is 1. The summed E-state index contributed by atoms with van der Waals surface area (Å²) in [7, 11) is 0. The van der Waals surface area contributed by atoms with Crippen LogP contribution in [0.1, 0.15) is 16.1 Å². The summed E-state index contributed by atoms with van der Waals surface area (Å²) >= 11 is 3.32. The van der Waals surface area contributed by atoms with Gasteiger partial charge in [-0.15, -0.1) is 0 Å². The molecule has 0 saturated carbocycles. The normalized spacial score (nSPS) is 10.2. The van der Waals surface area contributed by atoms with E-state index in [1.807, 2.05) is 0 Å². The van der Waals surface area contributed by atoms with E-state index in [9.17, 15) is 4.79 Å². The molecule has 0 spiro atoms. The number of carbonyl (C=O) groups is 1. The number of nitrogens with zero attached hydrogens (tertiary/aromatic N) is 1. The fraction of sp³-hybridized carbons (Fsp3) is 0. The number of halogens is 1. The quantitative estimate of drug-likeness (QED) is 0.494. The van der Waals surface area contributed by atoms with Crippen LogP contribution in [-0.4, -0.2) is 17.5 Å². The van der Waals surface area contributed by atoms with Gasteiger partial charge in [0.1, 0.15) is 0 Å². The molecule has 1 aromatic heterocycles. The number of rotatable bonds is 3. The van der Waals surface area contributed by atoms with Crippen LogP contribution < -0.4 is 11.1 Å². The molecule has 1 heterocycles. The lowest BCUT2D eigenvalue weighted by Gasteiger charge is -2.04. The van der Waals surface area contributed by atoms with Gasteiger partial charge >= 0.3 is 0 Å². The van der Waals surface area contributed by atoms with Crippen LogP contribution >= 0.6 is 15.9 Å². The molecule has 0 aliphatic heterocycles. The highest BCUT2D eigenvalue weighted by Crippen LogP contribution is 2.29. The Morgan fingerprint density at radius 1 is 1.47 bits per heavy atom. The lowest BCUT2D eigenvalue weighted by Crippen LogP contribution is -2.30. The molecule has 2 rings (SSSR count). The molecule has 0 radical (unpaired) electrons. The second-order valence-electron chi connectivity index (χ2n) is 3.31. The first-order valence-electron chi connectivity index (χ1n) is 4.71. The van der Waals surface area contributed by atoms with Gasteiger partial charge < -0.3 is 10.2 Å². The van der Waals surface area contributed by atoms with E-state index in [1.54, 1.807) is 12.1 Å². The number of aldehydes is 1. The van der Waals surface area contributed by atoms with Crippen molar-refractivity contribution in [2.45, 2.75) is 0 Å². The van der Waals surface area contributed by atoms with Crippen molar-refractivity contribution in [2.24, 2.45) is 0 Å². The highest BCUT2D eigenvalue weighted by molar-refractivity contribution is 9.10. The Bertz CT molecular complexity index is 592. The maximum Gasteiger partial charge on any atom is 0.227 e. The number of nitrogens with two attached hydrogens (primary N) is 2. The minimum atomic E-state index is 0.154. The lowest BCUT2D eigenvalue weighted by atomic mass is 10.1. The van der Waals surface area contributed by atoms with E-state index in [4.69, 9.17) is 15.6 Å². The van der Waals surface area contributed by atoms with E-state index in [0.29, 0.717) is 29.0 Å². The Kier molecular flexibility index (Phi) is 3.06. The third kappa shape index (κ3) is 2.12. The Balaban J connectivity index is 2.64. The predicted molar refractivity (Wildman–Crippen MR) is 66.5 cm³/mol. The Morgan fingerprint density at radius 3 is 2.82 bits per heavy atom. The van der Waals surface area contributed by atoms with E-state index in [2.05, 4.69) is 20.9 Å². The van der Waals surface area contributed by atoms with Gasteiger partial charge in [-0.05, 0) is 12.1 Å². The highest BCUT2D eigenvalue weighted by atomic mass is 79.9. The fourth-order valence-corrected chi connectivity index (χ4v) is 1.94. The van der Waals surface area contributed by atoms with Gasteiger partial charge in [0.2, 0.25) is 5.89 Å². The number of oxazole rings is 1. The van der Waals surface area contributed by atoms with Gasteiger partial charge in [0.15, 0.2) is 18.3 Å². The van der Waals surface area contributed by atoms with Crippen LogP contribution in [0.2, 0.25) is 0 Å². The zero-order chi connectivity index (χ0) is 12.4. The van der Waals surface area contributed by atoms with Crippen LogP contribution in [0.3, 0.4) is 0 Å². The van der Waals surface area contributed by atoms with Crippen molar-refractivity contribution in [3.63, 3.8) is 0 Å². The molecule has 1 aromatic carbocycles. The van der Waals surface area contributed by atoms with Crippen molar-refractivity contribution < 1.29 is 14.6 Å². The van der Waals surface area contributed by atoms with Crippen LogP contribution in [0.5, 0.6) is 0 Å². The summed E-state index contributed by atoms with van der Waals surface area (Å²) in [5, 5.41) is 5.52. The molecule has 0 atom stereocenters. The molecule has 0 saturated heterocycles. The second-order valence-corrected chi connectivity index (χ2v) is 4.22. The SMILES string of the molecule is Nc1cc(Br)cc(-c2ncc(C=O)o2)c1C=[NH2+]. The number of anilines is 1. The lowest BCUT2D eigenvalue weighted by molar-refractivity contribution is -0.104. The van der Waals surface area contributed by atoms with Crippen LogP contribution in [-0.2, 0) is 0 Å². The third-order valence-electron chi connectivity index (χ3n) is 2.21. The maximum absolute atomic E-state index is 10.5. The first-order valence-corrected chi connectivity index (χ1v) is 5.50. The number of hydrogen-bond acceptors (Lipinski definition) is 4. The average Bonchev–Trinajstić information content (AvgIpc) is 2.76. The van der Waals surface area contributed by atoms with Crippen molar-refractivity contribution in [3.8, 4) is 11.5 Å². The van der Waals surface area contributed by atoms with Gasteiger partial charge in [0.25, 0.3) is 0 Å². The second kappa shape index (κ2) is 4.50. The Hall–Kier alpha value is -1.95. The van der Waals surface area contributed by atoms with Gasteiger partial charge in [-0.2, -0.15) is 0 Å². The summed E-state index contributed by atoms with van der Waals surface area (Å²) in [5.74, 6) is 0.457. The van der Waals surface area contributed by atoms with E-state index in [-0.39, 0.29) is 5.76 Å². The molecule has 5 nitrogen and oxygen atoms in total. The number of carbonyl (C=O) groups excluding carboxylic acids is 1. The predicted octanol–water partition coefficient (Wildman–Crippen LogP) is 0.677. The van der Waals surface area contributed by atoms with Crippen LogP contribution in [0.25, 0.3) is 11.5 Å². The molecule has 4 N–H and O–H groups in total. The topological polar surface area (TPSA) is 94.7 Å². The molecule has 17 heavy (non-hydrogen) atoms. The number of benzene rings is 1. The molecule has 0 fully saturated rings. The molecule has 0 amide bonds.